The van der Waals surface area contributed by atoms with Gasteiger partial charge in [-0.15, -0.1) is 17.0 Å². The van der Waals surface area contributed by atoms with Crippen LogP contribution in [0.5, 0.6) is 5.75 Å². The van der Waals surface area contributed by atoms with Crippen LogP contribution in [0.2, 0.25) is 0 Å². The van der Waals surface area contributed by atoms with E-state index in [0.717, 1.165) is 24.4 Å². The molecule has 0 aliphatic heterocycles. The number of nitrogens with one attached hydrogen (secondary N) is 1. The quantitative estimate of drug-likeness (QED) is 0.551. The topological polar surface area (TPSA) is 77.5 Å². The average molecular weight is 415 g/mol. The Balaban J connectivity index is 0.00000288. The average Bonchev–Trinajstić information content (AvgIpc) is 2.89. The lowest BCUT2D eigenvalue weighted by atomic mass is 10.2. The predicted octanol–water partition coefficient (Wildman–Crippen LogP) is 4.60. The lowest BCUT2D eigenvalue weighted by Gasteiger charge is -2.07. The molecule has 1 heterocycles. The first-order chi connectivity index (χ1) is 11.1. The van der Waals surface area contributed by atoms with Crippen LogP contribution in [-0.4, -0.2) is 23.0 Å². The number of halogens is 1. The predicted molar refractivity (Wildman–Crippen MR) is 98.5 cm³/mol. The minimum atomic E-state index is -0.678. The molecule has 0 aliphatic rings. The number of para-hydroxylation sites is 1. The van der Waals surface area contributed by atoms with E-state index >= 15 is 0 Å². The van der Waals surface area contributed by atoms with Gasteiger partial charge < -0.3 is 9.47 Å². The normalized spacial score (nSPS) is 9.75. The van der Waals surface area contributed by atoms with Gasteiger partial charge in [-0.1, -0.05) is 31.5 Å². The van der Waals surface area contributed by atoms with E-state index in [4.69, 9.17) is 9.47 Å². The van der Waals surface area contributed by atoms with E-state index in [9.17, 15) is 9.59 Å². The molecule has 130 valence electrons. The number of anilines is 1. The largest absolute Gasteiger partial charge is 0.462 e. The molecule has 6 nitrogen and oxygen atoms in total. The second-order valence-electron chi connectivity index (χ2n) is 4.79. The summed E-state index contributed by atoms with van der Waals surface area (Å²) in [6.45, 7) is 4.05. The van der Waals surface area contributed by atoms with Crippen LogP contribution in [-0.2, 0) is 4.74 Å². The van der Waals surface area contributed by atoms with E-state index < -0.39 is 12.1 Å². The van der Waals surface area contributed by atoms with Gasteiger partial charge >= 0.3 is 12.1 Å². The van der Waals surface area contributed by atoms with Crippen LogP contribution < -0.4 is 10.1 Å². The summed E-state index contributed by atoms with van der Waals surface area (Å²) in [7, 11) is 0. The number of rotatable bonds is 6. The number of aromatic nitrogens is 1. The Morgan fingerprint density at radius 3 is 2.62 bits per heavy atom. The van der Waals surface area contributed by atoms with Crippen LogP contribution in [0.25, 0.3) is 0 Å². The first-order valence-corrected chi connectivity index (χ1v) is 8.06. The summed E-state index contributed by atoms with van der Waals surface area (Å²) >= 11 is 1.02. The summed E-state index contributed by atoms with van der Waals surface area (Å²) in [5, 5.41) is 2.87. The van der Waals surface area contributed by atoms with Crippen molar-refractivity contribution in [2.24, 2.45) is 0 Å². The maximum absolute atomic E-state index is 12.1. The number of hydrogen-bond acceptors (Lipinski definition) is 6. The number of nitrogens with zero attached hydrogens (tertiary/aromatic N) is 1. The Labute approximate surface area is 155 Å². The fraction of sp³-hybridized carbons (Fsp3) is 0.312. The van der Waals surface area contributed by atoms with Crippen molar-refractivity contribution in [2.75, 3.05) is 11.9 Å². The second-order valence-corrected chi connectivity index (χ2v) is 5.56. The minimum absolute atomic E-state index is 0. The number of carbonyl (C=O) groups is 2. The lowest BCUT2D eigenvalue weighted by molar-refractivity contribution is 0.0500. The third-order valence-electron chi connectivity index (χ3n) is 2.97. The molecule has 1 aromatic heterocycles. The molecule has 0 atom stereocenters. The van der Waals surface area contributed by atoms with E-state index in [1.165, 1.54) is 0 Å². The van der Waals surface area contributed by atoms with Crippen molar-refractivity contribution < 1.29 is 19.1 Å². The number of carbonyl (C=O) groups excluding carboxylic acids is 2. The van der Waals surface area contributed by atoms with Crippen molar-refractivity contribution >= 4 is 45.6 Å². The van der Waals surface area contributed by atoms with Crippen LogP contribution in [0.15, 0.2) is 30.3 Å². The summed E-state index contributed by atoms with van der Waals surface area (Å²) in [5.74, 6) is -0.0713. The van der Waals surface area contributed by atoms with E-state index in [2.05, 4.69) is 9.69 Å². The van der Waals surface area contributed by atoms with E-state index in [1.807, 2.05) is 13.0 Å². The number of benzene rings is 1. The highest BCUT2D eigenvalue weighted by Gasteiger charge is 2.22. The molecule has 0 saturated heterocycles. The number of unbranched alkanes of at least 4 members (excludes halogenated alkanes) is 1. The Bertz CT molecular complexity index is 676. The van der Waals surface area contributed by atoms with Crippen molar-refractivity contribution in [3.8, 4) is 5.75 Å². The molecular weight excluding hydrogens is 396 g/mol. The molecule has 0 aliphatic carbocycles. The molecule has 8 heteroatoms. The van der Waals surface area contributed by atoms with Gasteiger partial charge in [-0.05, 0) is 37.0 Å². The van der Waals surface area contributed by atoms with Crippen LogP contribution in [0.1, 0.15) is 35.8 Å². The molecule has 0 fully saturated rings. The zero-order chi connectivity index (χ0) is 16.7. The summed E-state index contributed by atoms with van der Waals surface area (Å²) in [6.07, 6.45) is 1.05. The monoisotopic (exact) mass is 414 g/mol. The molecule has 0 bridgehead atoms. The molecule has 0 spiro atoms. The van der Waals surface area contributed by atoms with Crippen LogP contribution >= 0.6 is 28.5 Å². The standard InChI is InChI=1S/C16H18N2O4S.BrH/c1-3-4-10-21-15(19)13-11(2)18-23-14(13)17-16(20)22-12-8-6-5-7-9-12;/h5-9H,3-4,10H2,1-2H3,(H,17,20);1H. The first-order valence-electron chi connectivity index (χ1n) is 7.29. The molecule has 1 amide bonds. The fourth-order valence-corrected chi connectivity index (χ4v) is 2.56. The SMILES string of the molecule is Br.CCCCOC(=O)c1c(C)nsc1NC(=O)Oc1ccccc1. The van der Waals surface area contributed by atoms with E-state index in [0.29, 0.717) is 23.1 Å². The van der Waals surface area contributed by atoms with Crippen LogP contribution in [0.3, 0.4) is 0 Å². The summed E-state index contributed by atoms with van der Waals surface area (Å²) in [4.78, 5) is 24.0. The van der Waals surface area contributed by atoms with Gasteiger partial charge in [0.2, 0.25) is 0 Å². The van der Waals surface area contributed by atoms with Gasteiger partial charge in [0.05, 0.1) is 12.3 Å². The van der Waals surface area contributed by atoms with Crippen molar-refractivity contribution in [3.63, 3.8) is 0 Å². The number of amides is 1. The molecule has 24 heavy (non-hydrogen) atoms. The summed E-state index contributed by atoms with van der Waals surface area (Å²) in [5.41, 5.74) is 0.794. The van der Waals surface area contributed by atoms with Crippen molar-refractivity contribution in [1.82, 2.24) is 4.37 Å². The second kappa shape index (κ2) is 10.0. The number of ether oxygens (including phenoxy) is 2. The van der Waals surface area contributed by atoms with Crippen LogP contribution in [0.4, 0.5) is 9.80 Å². The van der Waals surface area contributed by atoms with Crippen LogP contribution in [0, 0.1) is 6.92 Å². The Kier molecular flexibility index (Phi) is 8.42. The number of hydrogen-bond donors (Lipinski definition) is 1. The van der Waals surface area contributed by atoms with Gasteiger partial charge in [-0.3, -0.25) is 5.32 Å². The highest BCUT2D eigenvalue weighted by atomic mass is 79.9. The third-order valence-corrected chi connectivity index (χ3v) is 3.82. The fourth-order valence-electron chi connectivity index (χ4n) is 1.79. The Hall–Kier alpha value is -1.93. The molecule has 1 aromatic carbocycles. The Morgan fingerprint density at radius 2 is 1.96 bits per heavy atom. The molecule has 1 N–H and O–H groups in total. The Morgan fingerprint density at radius 1 is 1.25 bits per heavy atom. The lowest BCUT2D eigenvalue weighted by Crippen LogP contribution is -2.18. The van der Waals surface area contributed by atoms with Gasteiger partial charge in [-0.25, -0.2) is 9.59 Å². The first kappa shape index (κ1) is 20.1. The molecule has 2 rings (SSSR count). The highest BCUT2D eigenvalue weighted by molar-refractivity contribution is 8.93. The number of aryl methyl sites for hydroxylation is 1. The van der Waals surface area contributed by atoms with E-state index in [1.54, 1.807) is 31.2 Å². The minimum Gasteiger partial charge on any atom is -0.462 e. The van der Waals surface area contributed by atoms with Gasteiger partial charge in [0.15, 0.2) is 0 Å². The van der Waals surface area contributed by atoms with Gasteiger partial charge in [0, 0.05) is 0 Å². The van der Waals surface area contributed by atoms with E-state index in [-0.39, 0.29) is 22.5 Å². The highest BCUT2D eigenvalue weighted by Crippen LogP contribution is 2.26. The zero-order valence-corrected chi connectivity index (χ0v) is 15.9. The molecule has 0 unspecified atom stereocenters. The smallest absolute Gasteiger partial charge is 0.417 e. The van der Waals surface area contributed by atoms with Gasteiger partial charge in [0.1, 0.15) is 16.3 Å². The summed E-state index contributed by atoms with van der Waals surface area (Å²) < 4.78 is 14.4. The maximum Gasteiger partial charge on any atom is 0.417 e. The molecule has 2 aromatic rings. The van der Waals surface area contributed by atoms with Gasteiger partial charge in [0.25, 0.3) is 0 Å². The van der Waals surface area contributed by atoms with Crippen molar-refractivity contribution in [1.29, 1.82) is 0 Å². The molecular formula is C16H19BrN2O4S. The third kappa shape index (κ3) is 5.61. The molecule has 0 radical (unpaired) electrons. The van der Waals surface area contributed by atoms with Crippen molar-refractivity contribution in [3.05, 3.63) is 41.6 Å². The van der Waals surface area contributed by atoms with Crippen molar-refractivity contribution in [2.45, 2.75) is 26.7 Å². The maximum atomic E-state index is 12.1. The summed E-state index contributed by atoms with van der Waals surface area (Å²) in [6, 6.07) is 8.67. The molecule has 0 saturated carbocycles. The van der Waals surface area contributed by atoms with Gasteiger partial charge in [-0.2, -0.15) is 4.37 Å². The zero-order valence-electron chi connectivity index (χ0n) is 13.4. The number of esters is 1.